The fourth-order valence-corrected chi connectivity index (χ4v) is 4.90. The van der Waals surface area contributed by atoms with Crippen molar-refractivity contribution in [2.45, 2.75) is 37.5 Å². The zero-order valence-electron chi connectivity index (χ0n) is 16.0. The average Bonchev–Trinajstić information content (AvgIpc) is 3.44. The number of rotatable bonds is 4. The fraction of sp³-hybridized carbons (Fsp3) is 0.435. The molecule has 5 rings (SSSR count). The Bertz CT molecular complexity index is 848. The Morgan fingerprint density at radius 1 is 1.11 bits per heavy atom. The third-order valence-corrected chi connectivity index (χ3v) is 6.33. The van der Waals surface area contributed by atoms with Gasteiger partial charge in [0.25, 0.3) is 5.91 Å². The highest BCUT2D eigenvalue weighted by Crippen LogP contribution is 2.47. The minimum absolute atomic E-state index is 0.0157. The Morgan fingerprint density at radius 2 is 2.00 bits per heavy atom. The van der Waals surface area contributed by atoms with Crippen molar-refractivity contribution in [1.82, 2.24) is 10.6 Å². The van der Waals surface area contributed by atoms with Gasteiger partial charge in [-0.2, -0.15) is 0 Å². The first kappa shape index (κ1) is 17.7. The van der Waals surface area contributed by atoms with Crippen LogP contribution in [0.2, 0.25) is 0 Å². The van der Waals surface area contributed by atoms with Gasteiger partial charge in [-0.1, -0.05) is 30.3 Å². The van der Waals surface area contributed by atoms with E-state index < -0.39 is 0 Å². The number of carbonyl (C=O) groups excluding carboxylic acids is 1. The van der Waals surface area contributed by atoms with Gasteiger partial charge < -0.3 is 20.7 Å². The summed E-state index contributed by atoms with van der Waals surface area (Å²) in [5.74, 6) is 0.470. The second-order valence-corrected chi connectivity index (χ2v) is 8.06. The van der Waals surface area contributed by atoms with E-state index in [0.717, 1.165) is 43.7 Å². The molecule has 2 unspecified atom stereocenters. The first-order valence-electron chi connectivity index (χ1n) is 10.4. The number of nitrogens with one attached hydrogen (secondary N) is 3. The van der Waals surface area contributed by atoms with Crippen LogP contribution in [0.5, 0.6) is 0 Å². The molecule has 28 heavy (non-hydrogen) atoms. The maximum absolute atomic E-state index is 12.7. The molecule has 2 aromatic carbocycles. The molecule has 4 atom stereocenters. The van der Waals surface area contributed by atoms with Gasteiger partial charge in [0.05, 0.1) is 12.1 Å². The van der Waals surface area contributed by atoms with Gasteiger partial charge in [0.2, 0.25) is 0 Å². The minimum atomic E-state index is -0.0157. The van der Waals surface area contributed by atoms with Crippen molar-refractivity contribution in [2.75, 3.05) is 25.0 Å². The average molecular weight is 377 g/mol. The number of hydrogen-bond acceptors (Lipinski definition) is 4. The molecule has 2 aromatic rings. The maximum Gasteiger partial charge on any atom is 0.251 e. The van der Waals surface area contributed by atoms with E-state index in [-0.39, 0.29) is 18.1 Å². The highest BCUT2D eigenvalue weighted by Gasteiger charge is 2.40. The van der Waals surface area contributed by atoms with E-state index >= 15 is 0 Å². The second kappa shape index (κ2) is 7.57. The summed E-state index contributed by atoms with van der Waals surface area (Å²) in [6.45, 7) is 2.41. The molecule has 146 valence electrons. The van der Waals surface area contributed by atoms with Crippen molar-refractivity contribution in [1.29, 1.82) is 0 Å². The Kier molecular flexibility index (Phi) is 4.79. The molecule has 1 amide bonds. The summed E-state index contributed by atoms with van der Waals surface area (Å²) in [4.78, 5) is 12.7. The molecule has 3 aliphatic heterocycles. The SMILES string of the molecule is O=C(NCC1CCCO1)c1ccc2c(c1)[C@H]1NCC[C@H]1C(c1ccccc1)N2. The molecular weight excluding hydrogens is 350 g/mol. The van der Waals surface area contributed by atoms with E-state index in [4.69, 9.17) is 4.74 Å². The lowest BCUT2D eigenvalue weighted by atomic mass is 9.80. The number of amides is 1. The number of fused-ring (bicyclic) bond motifs is 3. The molecule has 3 N–H and O–H groups in total. The van der Waals surface area contributed by atoms with Crippen molar-refractivity contribution < 1.29 is 9.53 Å². The Hall–Kier alpha value is -2.37. The molecule has 2 saturated heterocycles. The normalized spacial score (nSPS) is 28.3. The number of benzene rings is 2. The van der Waals surface area contributed by atoms with Crippen LogP contribution in [0.15, 0.2) is 48.5 Å². The van der Waals surface area contributed by atoms with Gasteiger partial charge in [0.1, 0.15) is 0 Å². The van der Waals surface area contributed by atoms with Crippen LogP contribution >= 0.6 is 0 Å². The van der Waals surface area contributed by atoms with Gasteiger partial charge >= 0.3 is 0 Å². The maximum atomic E-state index is 12.7. The number of anilines is 1. The lowest BCUT2D eigenvalue weighted by molar-refractivity contribution is 0.0857. The standard InChI is InChI=1S/C23H27N3O2/c27-23(25-14-17-7-4-12-28-17)16-8-9-20-19(13-16)22-18(10-11-24-22)21(26-20)15-5-2-1-3-6-15/h1-3,5-6,8-9,13,17-18,21-22,24,26H,4,7,10-12,14H2,(H,25,27)/t17?,18-,21?,22-/m0/s1. The van der Waals surface area contributed by atoms with Gasteiger partial charge in [0.15, 0.2) is 0 Å². The Labute approximate surface area is 165 Å². The van der Waals surface area contributed by atoms with Gasteiger partial charge in [-0.05, 0) is 55.1 Å². The molecule has 0 aliphatic carbocycles. The molecule has 0 saturated carbocycles. The van der Waals surface area contributed by atoms with Crippen LogP contribution in [0.1, 0.15) is 52.8 Å². The van der Waals surface area contributed by atoms with Crippen molar-refractivity contribution in [3.63, 3.8) is 0 Å². The summed E-state index contributed by atoms with van der Waals surface area (Å²) in [6, 6.07) is 17.3. The molecule has 5 nitrogen and oxygen atoms in total. The lowest BCUT2D eigenvalue weighted by Gasteiger charge is -2.37. The van der Waals surface area contributed by atoms with E-state index in [0.29, 0.717) is 18.5 Å². The molecule has 5 heteroatoms. The van der Waals surface area contributed by atoms with Crippen LogP contribution in [-0.2, 0) is 4.74 Å². The van der Waals surface area contributed by atoms with E-state index in [1.54, 1.807) is 0 Å². The Balaban J connectivity index is 1.37. The highest BCUT2D eigenvalue weighted by molar-refractivity contribution is 5.95. The summed E-state index contributed by atoms with van der Waals surface area (Å²) in [7, 11) is 0. The van der Waals surface area contributed by atoms with Crippen LogP contribution in [0.3, 0.4) is 0 Å². The van der Waals surface area contributed by atoms with Crippen molar-refractivity contribution in [3.05, 3.63) is 65.2 Å². The Morgan fingerprint density at radius 3 is 2.82 bits per heavy atom. The minimum Gasteiger partial charge on any atom is -0.378 e. The molecule has 3 heterocycles. The van der Waals surface area contributed by atoms with Gasteiger partial charge in [0, 0.05) is 36.4 Å². The van der Waals surface area contributed by atoms with Crippen LogP contribution < -0.4 is 16.0 Å². The van der Waals surface area contributed by atoms with E-state index in [1.165, 1.54) is 11.1 Å². The largest absolute Gasteiger partial charge is 0.378 e. The van der Waals surface area contributed by atoms with Gasteiger partial charge in [-0.15, -0.1) is 0 Å². The van der Waals surface area contributed by atoms with E-state index in [1.807, 2.05) is 6.07 Å². The molecule has 3 aliphatic rings. The summed E-state index contributed by atoms with van der Waals surface area (Å²) in [5.41, 5.74) is 4.38. The predicted molar refractivity (Wildman–Crippen MR) is 109 cm³/mol. The smallest absolute Gasteiger partial charge is 0.251 e. The summed E-state index contributed by atoms with van der Waals surface area (Å²) in [5, 5.41) is 10.4. The van der Waals surface area contributed by atoms with Crippen LogP contribution in [0, 0.1) is 5.92 Å². The summed E-state index contributed by atoms with van der Waals surface area (Å²) >= 11 is 0. The topological polar surface area (TPSA) is 62.4 Å². The van der Waals surface area contributed by atoms with Gasteiger partial charge in [-0.3, -0.25) is 4.79 Å². The second-order valence-electron chi connectivity index (χ2n) is 8.06. The van der Waals surface area contributed by atoms with Crippen molar-refractivity contribution >= 4 is 11.6 Å². The van der Waals surface area contributed by atoms with Crippen LogP contribution in [0.25, 0.3) is 0 Å². The summed E-state index contributed by atoms with van der Waals surface area (Å²) < 4.78 is 5.61. The monoisotopic (exact) mass is 377 g/mol. The first-order valence-corrected chi connectivity index (χ1v) is 10.4. The van der Waals surface area contributed by atoms with Crippen molar-refractivity contribution in [3.8, 4) is 0 Å². The number of carbonyl (C=O) groups is 1. The molecular formula is C23H27N3O2. The zero-order valence-corrected chi connectivity index (χ0v) is 16.0. The summed E-state index contributed by atoms with van der Waals surface area (Å²) in [6.07, 6.45) is 3.41. The molecule has 0 bridgehead atoms. The molecule has 0 spiro atoms. The molecule has 0 radical (unpaired) electrons. The number of ether oxygens (including phenoxy) is 1. The van der Waals surface area contributed by atoms with Crippen LogP contribution in [-0.4, -0.2) is 31.7 Å². The van der Waals surface area contributed by atoms with Gasteiger partial charge in [-0.25, -0.2) is 0 Å². The molecule has 2 fully saturated rings. The highest BCUT2D eigenvalue weighted by atomic mass is 16.5. The zero-order chi connectivity index (χ0) is 18.9. The predicted octanol–water partition coefficient (Wildman–Crippen LogP) is 3.41. The quantitative estimate of drug-likeness (QED) is 0.764. The number of hydrogen-bond donors (Lipinski definition) is 3. The van der Waals surface area contributed by atoms with Crippen LogP contribution in [0.4, 0.5) is 5.69 Å². The fourth-order valence-electron chi connectivity index (χ4n) is 4.90. The lowest BCUT2D eigenvalue weighted by Crippen LogP contribution is -2.34. The first-order chi connectivity index (χ1) is 13.8. The van der Waals surface area contributed by atoms with E-state index in [9.17, 15) is 4.79 Å². The third-order valence-electron chi connectivity index (χ3n) is 6.33. The van der Waals surface area contributed by atoms with Crippen molar-refractivity contribution in [2.24, 2.45) is 5.92 Å². The van der Waals surface area contributed by atoms with E-state index in [2.05, 4.69) is 58.4 Å². The molecule has 0 aromatic heterocycles. The third kappa shape index (κ3) is 3.29.